The molecule has 0 spiro atoms. The second kappa shape index (κ2) is 6.88. The van der Waals surface area contributed by atoms with Gasteiger partial charge in [-0.05, 0) is 6.26 Å². The second-order valence-electron chi connectivity index (χ2n) is 2.53. The van der Waals surface area contributed by atoms with Crippen molar-refractivity contribution in [2.24, 2.45) is 0 Å². The highest BCUT2D eigenvalue weighted by molar-refractivity contribution is 7.98. The maximum Gasteiger partial charge on any atom is 0.328 e. The summed E-state index contributed by atoms with van der Waals surface area (Å²) in [5.74, 6) is -2.93. The SMILES string of the molecule is CSCC(NC(=O)/C=C/C(=O)O)C(=O)O. The van der Waals surface area contributed by atoms with Gasteiger partial charge in [0.25, 0.3) is 0 Å². The Kier molecular flexibility index (Phi) is 6.19. The van der Waals surface area contributed by atoms with Gasteiger partial charge >= 0.3 is 11.9 Å². The zero-order valence-electron chi connectivity index (χ0n) is 7.97. The van der Waals surface area contributed by atoms with Gasteiger partial charge in [0.2, 0.25) is 5.91 Å². The van der Waals surface area contributed by atoms with Crippen molar-refractivity contribution in [2.75, 3.05) is 12.0 Å². The Hall–Kier alpha value is -1.50. The molecule has 1 atom stereocenters. The molecule has 0 aromatic carbocycles. The van der Waals surface area contributed by atoms with Gasteiger partial charge in [-0.1, -0.05) is 0 Å². The minimum Gasteiger partial charge on any atom is -0.480 e. The Balaban J connectivity index is 4.23. The molecule has 0 aliphatic heterocycles. The van der Waals surface area contributed by atoms with Crippen LogP contribution < -0.4 is 5.32 Å². The molecular formula is C8H11NO5S. The first-order chi connectivity index (χ1) is 6.97. The van der Waals surface area contributed by atoms with Gasteiger partial charge in [-0.2, -0.15) is 11.8 Å². The van der Waals surface area contributed by atoms with Crippen LogP contribution in [0.5, 0.6) is 0 Å². The van der Waals surface area contributed by atoms with Crippen molar-refractivity contribution in [1.82, 2.24) is 5.32 Å². The van der Waals surface area contributed by atoms with Crippen LogP contribution in [0.1, 0.15) is 0 Å². The number of carbonyl (C=O) groups excluding carboxylic acids is 1. The van der Waals surface area contributed by atoms with E-state index >= 15 is 0 Å². The molecule has 3 N–H and O–H groups in total. The zero-order chi connectivity index (χ0) is 11.8. The summed E-state index contributed by atoms with van der Waals surface area (Å²) in [7, 11) is 0. The van der Waals surface area contributed by atoms with Gasteiger partial charge in [0.1, 0.15) is 6.04 Å². The van der Waals surface area contributed by atoms with E-state index in [2.05, 4.69) is 5.32 Å². The highest BCUT2D eigenvalue weighted by Crippen LogP contribution is 1.97. The Morgan fingerprint density at radius 3 is 2.33 bits per heavy atom. The fraction of sp³-hybridized carbons (Fsp3) is 0.375. The summed E-state index contributed by atoms with van der Waals surface area (Å²) in [4.78, 5) is 31.7. The van der Waals surface area contributed by atoms with E-state index in [4.69, 9.17) is 10.2 Å². The summed E-state index contributed by atoms with van der Waals surface area (Å²) >= 11 is 1.27. The number of hydrogen-bond acceptors (Lipinski definition) is 4. The summed E-state index contributed by atoms with van der Waals surface area (Å²) in [5, 5.41) is 19.0. The number of carboxylic acid groups (broad SMARTS) is 2. The van der Waals surface area contributed by atoms with E-state index in [-0.39, 0.29) is 5.75 Å². The highest BCUT2D eigenvalue weighted by atomic mass is 32.2. The number of carbonyl (C=O) groups is 3. The molecule has 7 heteroatoms. The molecule has 0 aliphatic carbocycles. The quantitative estimate of drug-likeness (QED) is 0.537. The van der Waals surface area contributed by atoms with Crippen LogP contribution in [-0.4, -0.2) is 46.1 Å². The largest absolute Gasteiger partial charge is 0.480 e. The van der Waals surface area contributed by atoms with Gasteiger partial charge in [0.05, 0.1) is 0 Å². The average molecular weight is 233 g/mol. The topological polar surface area (TPSA) is 104 Å². The van der Waals surface area contributed by atoms with E-state index in [1.54, 1.807) is 6.26 Å². The Morgan fingerprint density at radius 1 is 1.33 bits per heavy atom. The third kappa shape index (κ3) is 6.55. The van der Waals surface area contributed by atoms with Crippen LogP contribution in [0, 0.1) is 0 Å². The normalized spacial score (nSPS) is 12.3. The van der Waals surface area contributed by atoms with Gasteiger partial charge in [-0.3, -0.25) is 4.79 Å². The molecule has 0 fully saturated rings. The predicted octanol–water partition coefficient (Wildman–Crippen LogP) is -0.440. The molecule has 0 aromatic heterocycles. The Labute approximate surface area is 90.4 Å². The monoisotopic (exact) mass is 233 g/mol. The van der Waals surface area contributed by atoms with Gasteiger partial charge in [0.15, 0.2) is 0 Å². The van der Waals surface area contributed by atoms with Crippen LogP contribution in [0.2, 0.25) is 0 Å². The van der Waals surface area contributed by atoms with Crippen molar-refractivity contribution in [1.29, 1.82) is 0 Å². The van der Waals surface area contributed by atoms with Gasteiger partial charge in [-0.25, -0.2) is 9.59 Å². The number of amides is 1. The lowest BCUT2D eigenvalue weighted by atomic mass is 10.3. The molecule has 0 heterocycles. The van der Waals surface area contributed by atoms with Crippen molar-refractivity contribution >= 4 is 29.6 Å². The van der Waals surface area contributed by atoms with Crippen LogP contribution in [0.3, 0.4) is 0 Å². The first kappa shape index (κ1) is 13.5. The highest BCUT2D eigenvalue weighted by Gasteiger charge is 2.17. The molecule has 0 saturated heterocycles. The number of aliphatic carboxylic acids is 2. The summed E-state index contributed by atoms with van der Waals surface area (Å²) in [5.41, 5.74) is 0. The van der Waals surface area contributed by atoms with Crippen molar-refractivity contribution in [3.8, 4) is 0 Å². The number of hydrogen-bond donors (Lipinski definition) is 3. The molecule has 15 heavy (non-hydrogen) atoms. The number of thioether (sulfide) groups is 1. The minimum absolute atomic E-state index is 0.224. The second-order valence-corrected chi connectivity index (χ2v) is 3.44. The molecule has 0 rings (SSSR count). The number of rotatable bonds is 6. The van der Waals surface area contributed by atoms with Crippen molar-refractivity contribution in [3.05, 3.63) is 12.2 Å². The molecule has 6 nitrogen and oxygen atoms in total. The van der Waals surface area contributed by atoms with E-state index in [0.717, 1.165) is 6.08 Å². The van der Waals surface area contributed by atoms with Crippen molar-refractivity contribution in [2.45, 2.75) is 6.04 Å². The third-order valence-electron chi connectivity index (χ3n) is 1.33. The summed E-state index contributed by atoms with van der Waals surface area (Å²) < 4.78 is 0. The lowest BCUT2D eigenvalue weighted by molar-refractivity contribution is -0.140. The van der Waals surface area contributed by atoms with E-state index in [1.165, 1.54) is 11.8 Å². The lowest BCUT2D eigenvalue weighted by Gasteiger charge is -2.10. The predicted molar refractivity (Wildman–Crippen MR) is 54.7 cm³/mol. The summed E-state index contributed by atoms with van der Waals surface area (Å²) in [6.07, 6.45) is 3.13. The van der Waals surface area contributed by atoms with Crippen LogP contribution in [-0.2, 0) is 14.4 Å². The third-order valence-corrected chi connectivity index (χ3v) is 1.99. The Bertz CT molecular complexity index is 289. The van der Waals surface area contributed by atoms with Crippen LogP contribution in [0.25, 0.3) is 0 Å². The molecule has 0 bridgehead atoms. The van der Waals surface area contributed by atoms with E-state index in [0.29, 0.717) is 6.08 Å². The molecule has 0 aliphatic rings. The van der Waals surface area contributed by atoms with Crippen LogP contribution >= 0.6 is 11.8 Å². The maximum absolute atomic E-state index is 11.0. The minimum atomic E-state index is -1.26. The van der Waals surface area contributed by atoms with Crippen molar-refractivity contribution < 1.29 is 24.6 Å². The van der Waals surface area contributed by atoms with Gasteiger partial charge in [0, 0.05) is 17.9 Å². The van der Waals surface area contributed by atoms with E-state index < -0.39 is 23.9 Å². The first-order valence-corrected chi connectivity index (χ1v) is 5.30. The molecular weight excluding hydrogens is 222 g/mol. The van der Waals surface area contributed by atoms with Gasteiger partial charge in [-0.15, -0.1) is 0 Å². The van der Waals surface area contributed by atoms with Gasteiger partial charge < -0.3 is 15.5 Å². The fourth-order valence-electron chi connectivity index (χ4n) is 0.708. The number of carboxylic acids is 2. The first-order valence-electron chi connectivity index (χ1n) is 3.90. The van der Waals surface area contributed by atoms with Crippen LogP contribution in [0.15, 0.2) is 12.2 Å². The average Bonchev–Trinajstić information content (AvgIpc) is 2.14. The van der Waals surface area contributed by atoms with E-state index in [1.807, 2.05) is 0 Å². The molecule has 1 amide bonds. The summed E-state index contributed by atoms with van der Waals surface area (Å²) in [6, 6.07) is -1.01. The van der Waals surface area contributed by atoms with Crippen LogP contribution in [0.4, 0.5) is 0 Å². The zero-order valence-corrected chi connectivity index (χ0v) is 8.78. The maximum atomic E-state index is 11.0. The molecule has 1 unspecified atom stereocenters. The molecule has 0 aromatic rings. The van der Waals surface area contributed by atoms with Crippen molar-refractivity contribution in [3.63, 3.8) is 0 Å². The van der Waals surface area contributed by atoms with E-state index in [9.17, 15) is 14.4 Å². The Morgan fingerprint density at radius 2 is 1.93 bits per heavy atom. The lowest BCUT2D eigenvalue weighted by Crippen LogP contribution is -2.41. The smallest absolute Gasteiger partial charge is 0.328 e. The number of nitrogens with one attached hydrogen (secondary N) is 1. The molecule has 0 saturated carbocycles. The fourth-order valence-corrected chi connectivity index (χ4v) is 1.27. The molecule has 84 valence electrons. The standard InChI is InChI=1S/C8H11NO5S/c1-15-4-5(8(13)14)9-6(10)2-3-7(11)12/h2-3,5H,4H2,1H3,(H,9,10)(H,11,12)(H,13,14)/b3-2+. The molecule has 0 radical (unpaired) electrons. The summed E-state index contributed by atoms with van der Waals surface area (Å²) in [6.45, 7) is 0.